The van der Waals surface area contributed by atoms with Crippen LogP contribution >= 0.6 is 0 Å². The highest BCUT2D eigenvalue weighted by Gasteiger charge is 2.19. The van der Waals surface area contributed by atoms with Gasteiger partial charge in [-0.25, -0.2) is 13.8 Å². The highest BCUT2D eigenvalue weighted by molar-refractivity contribution is 5.91. The Hall–Kier alpha value is -3.54. The lowest BCUT2D eigenvalue weighted by Gasteiger charge is -2.26. The Labute approximate surface area is 212 Å². The molecule has 9 nitrogen and oxygen atoms in total. The van der Waals surface area contributed by atoms with Crippen molar-refractivity contribution in [2.45, 2.75) is 19.6 Å². The Balaban J connectivity index is 1.24. The van der Waals surface area contributed by atoms with Gasteiger partial charge in [-0.2, -0.15) is 0 Å². The first kappa shape index (κ1) is 25.1. The first-order valence-corrected chi connectivity index (χ1v) is 12.1. The average Bonchev–Trinajstić information content (AvgIpc) is 3.56. The van der Waals surface area contributed by atoms with E-state index in [0.717, 1.165) is 31.3 Å². The van der Waals surface area contributed by atoms with E-state index in [0.29, 0.717) is 49.3 Å². The Bertz CT molecular complexity index is 1230. The predicted molar refractivity (Wildman–Crippen MR) is 128 cm³/mol. The number of amides is 1. The fourth-order valence-electron chi connectivity index (χ4n) is 4.28. The number of fused-ring (bicyclic) bond motifs is 1. The summed E-state index contributed by atoms with van der Waals surface area (Å²) in [5.41, 5.74) is 1.40. The molecule has 3 heterocycles. The second kappa shape index (κ2) is 11.7. The molecule has 0 bridgehead atoms. The third-order valence-electron chi connectivity index (χ3n) is 6.21. The minimum Gasteiger partial charge on any atom is -0.454 e. The van der Waals surface area contributed by atoms with Crippen LogP contribution < -0.4 is 14.8 Å². The third kappa shape index (κ3) is 6.62. The fraction of sp³-hybridized carbons (Fsp3) is 0.385. The number of halogens is 2. The van der Waals surface area contributed by atoms with Gasteiger partial charge >= 0.3 is 0 Å². The van der Waals surface area contributed by atoms with Crippen molar-refractivity contribution >= 4 is 5.91 Å². The summed E-state index contributed by atoms with van der Waals surface area (Å²) in [6, 6.07) is 9.07. The van der Waals surface area contributed by atoms with Crippen molar-refractivity contribution in [3.8, 4) is 11.5 Å². The Morgan fingerprint density at radius 2 is 1.86 bits per heavy atom. The van der Waals surface area contributed by atoms with Crippen molar-refractivity contribution in [3.05, 3.63) is 77.0 Å². The van der Waals surface area contributed by atoms with Crippen molar-refractivity contribution in [3.63, 3.8) is 0 Å². The summed E-state index contributed by atoms with van der Waals surface area (Å²) in [6.45, 7) is 5.24. The predicted octanol–water partition coefficient (Wildman–Crippen LogP) is 2.95. The van der Waals surface area contributed by atoms with E-state index in [4.69, 9.17) is 18.6 Å². The number of benzene rings is 2. The number of carbonyl (C=O) groups is 1. The maximum Gasteiger partial charge on any atom is 0.273 e. The maximum atomic E-state index is 14.4. The summed E-state index contributed by atoms with van der Waals surface area (Å²) in [5.74, 6) is 0.00940. The van der Waals surface area contributed by atoms with Crippen LogP contribution in [0.5, 0.6) is 11.5 Å². The number of carbonyl (C=O) groups excluding carboxylic acids is 1. The summed E-state index contributed by atoms with van der Waals surface area (Å²) in [7, 11) is 0. The molecule has 5 rings (SSSR count). The molecule has 0 spiro atoms. The van der Waals surface area contributed by atoms with E-state index in [1.54, 1.807) is 0 Å². The Kier molecular flexibility index (Phi) is 7.93. The second-order valence-electron chi connectivity index (χ2n) is 8.90. The number of hydrogen-bond donors (Lipinski definition) is 1. The van der Waals surface area contributed by atoms with E-state index in [-0.39, 0.29) is 31.5 Å². The molecule has 0 saturated carbocycles. The van der Waals surface area contributed by atoms with Crippen molar-refractivity contribution in [1.82, 2.24) is 20.1 Å². The van der Waals surface area contributed by atoms with E-state index < -0.39 is 11.6 Å². The van der Waals surface area contributed by atoms with Crippen molar-refractivity contribution in [2.24, 2.45) is 0 Å². The molecule has 1 amide bonds. The van der Waals surface area contributed by atoms with Crippen LogP contribution in [-0.2, 0) is 24.4 Å². The number of nitrogens with zero attached hydrogens (tertiary/aromatic N) is 3. The number of oxazole rings is 1. The van der Waals surface area contributed by atoms with Gasteiger partial charge in [-0.05, 0) is 23.8 Å². The number of morpholine rings is 1. The zero-order chi connectivity index (χ0) is 25.6. The number of nitrogens with one attached hydrogen (secondary N) is 1. The van der Waals surface area contributed by atoms with Crippen LogP contribution in [0.4, 0.5) is 8.78 Å². The summed E-state index contributed by atoms with van der Waals surface area (Å²) in [5, 5.41) is 2.86. The zero-order valence-electron chi connectivity index (χ0n) is 20.3. The molecule has 2 aliphatic rings. The molecule has 0 aliphatic carbocycles. The summed E-state index contributed by atoms with van der Waals surface area (Å²) < 4.78 is 49.6. The Morgan fingerprint density at radius 3 is 2.70 bits per heavy atom. The van der Waals surface area contributed by atoms with Gasteiger partial charge in [0.25, 0.3) is 5.91 Å². The summed E-state index contributed by atoms with van der Waals surface area (Å²) in [6.07, 6.45) is 1.32. The first-order chi connectivity index (χ1) is 18.0. The highest BCUT2D eigenvalue weighted by atomic mass is 19.1. The molecule has 1 aromatic heterocycles. The molecule has 37 heavy (non-hydrogen) atoms. The van der Waals surface area contributed by atoms with E-state index >= 15 is 0 Å². The largest absolute Gasteiger partial charge is 0.454 e. The minimum atomic E-state index is -0.638. The van der Waals surface area contributed by atoms with Gasteiger partial charge in [0.05, 0.1) is 19.8 Å². The molecular weight excluding hydrogens is 486 g/mol. The molecule has 2 aliphatic heterocycles. The van der Waals surface area contributed by atoms with Crippen LogP contribution in [0.1, 0.15) is 27.5 Å². The molecular formula is C26H28F2N4O5. The van der Waals surface area contributed by atoms with Gasteiger partial charge < -0.3 is 23.9 Å². The van der Waals surface area contributed by atoms with Crippen LogP contribution in [0.2, 0.25) is 0 Å². The topological polar surface area (TPSA) is 89.3 Å². The molecule has 2 aromatic carbocycles. The molecule has 1 fully saturated rings. The van der Waals surface area contributed by atoms with E-state index in [1.165, 1.54) is 18.4 Å². The van der Waals surface area contributed by atoms with Gasteiger partial charge in [-0.15, -0.1) is 0 Å². The lowest BCUT2D eigenvalue weighted by molar-refractivity contribution is 0.0383. The number of hydrogen-bond acceptors (Lipinski definition) is 8. The van der Waals surface area contributed by atoms with Crippen LogP contribution in [0.25, 0.3) is 0 Å². The van der Waals surface area contributed by atoms with Crippen molar-refractivity contribution in [2.75, 3.05) is 46.2 Å². The molecule has 3 aromatic rings. The zero-order valence-corrected chi connectivity index (χ0v) is 20.3. The minimum absolute atomic E-state index is 0.164. The molecule has 11 heteroatoms. The van der Waals surface area contributed by atoms with E-state index in [2.05, 4.69) is 15.2 Å². The maximum absolute atomic E-state index is 14.4. The van der Waals surface area contributed by atoms with Crippen LogP contribution in [0.3, 0.4) is 0 Å². The van der Waals surface area contributed by atoms with Gasteiger partial charge in [-0.3, -0.25) is 14.6 Å². The molecule has 0 radical (unpaired) electrons. The summed E-state index contributed by atoms with van der Waals surface area (Å²) >= 11 is 0. The third-order valence-corrected chi connectivity index (χ3v) is 6.21. The fourth-order valence-corrected chi connectivity index (χ4v) is 4.28. The van der Waals surface area contributed by atoms with Crippen molar-refractivity contribution in [1.29, 1.82) is 0 Å². The first-order valence-electron chi connectivity index (χ1n) is 12.1. The average molecular weight is 515 g/mol. The van der Waals surface area contributed by atoms with Crippen LogP contribution in [-0.4, -0.2) is 66.9 Å². The SMILES string of the molecule is O=C(NCCN1CCOCC1)c1coc(CN(Cc2ccc3c(c2)OCO3)Cc2ccc(F)cc2F)n1. The van der Waals surface area contributed by atoms with Crippen LogP contribution in [0, 0.1) is 11.6 Å². The van der Waals surface area contributed by atoms with E-state index in [1.807, 2.05) is 23.1 Å². The monoisotopic (exact) mass is 514 g/mol. The molecule has 0 atom stereocenters. The standard InChI is InChI=1S/C26H28F2N4O5/c27-20-3-2-19(21(28)12-20)14-32(13-18-1-4-23-24(11-18)37-17-36-23)15-25-30-22(16-35-25)26(33)29-5-6-31-7-9-34-10-8-31/h1-4,11-12,16H,5-10,13-15,17H2,(H,29,33). The number of ether oxygens (including phenoxy) is 3. The lowest BCUT2D eigenvalue weighted by atomic mass is 10.1. The Morgan fingerprint density at radius 1 is 1.03 bits per heavy atom. The van der Waals surface area contributed by atoms with Gasteiger partial charge in [0.15, 0.2) is 17.2 Å². The van der Waals surface area contributed by atoms with Gasteiger partial charge in [0, 0.05) is 50.9 Å². The number of rotatable bonds is 10. The van der Waals surface area contributed by atoms with Crippen molar-refractivity contribution < 1.29 is 32.2 Å². The smallest absolute Gasteiger partial charge is 0.273 e. The van der Waals surface area contributed by atoms with E-state index in [9.17, 15) is 13.6 Å². The molecule has 0 unspecified atom stereocenters. The molecule has 196 valence electrons. The number of aromatic nitrogens is 1. The van der Waals surface area contributed by atoms with Gasteiger partial charge in [0.1, 0.15) is 17.9 Å². The van der Waals surface area contributed by atoms with Gasteiger partial charge in [-0.1, -0.05) is 12.1 Å². The second-order valence-corrected chi connectivity index (χ2v) is 8.90. The normalized spacial score (nSPS) is 15.3. The lowest BCUT2D eigenvalue weighted by Crippen LogP contribution is -2.41. The van der Waals surface area contributed by atoms with Gasteiger partial charge in [0.2, 0.25) is 12.7 Å². The highest BCUT2D eigenvalue weighted by Crippen LogP contribution is 2.33. The summed E-state index contributed by atoms with van der Waals surface area (Å²) in [4.78, 5) is 21.0. The quantitative estimate of drug-likeness (QED) is 0.442. The molecule has 1 N–H and O–H groups in total. The van der Waals surface area contributed by atoms with Crippen LogP contribution in [0.15, 0.2) is 47.1 Å². The molecule has 1 saturated heterocycles.